The van der Waals surface area contributed by atoms with Crippen molar-refractivity contribution < 1.29 is 14.7 Å². The fourth-order valence-corrected chi connectivity index (χ4v) is 2.06. The van der Waals surface area contributed by atoms with E-state index in [1.165, 1.54) is 16.7 Å². The van der Waals surface area contributed by atoms with E-state index in [2.05, 4.69) is 0 Å². The molecule has 1 aliphatic rings. The van der Waals surface area contributed by atoms with Crippen LogP contribution in [0.3, 0.4) is 0 Å². The summed E-state index contributed by atoms with van der Waals surface area (Å²) in [6.45, 7) is 0.662. The van der Waals surface area contributed by atoms with Gasteiger partial charge in [0, 0.05) is 13.6 Å². The summed E-state index contributed by atoms with van der Waals surface area (Å²) in [5.74, 6) is -0.573. The molecule has 5 heteroatoms. The molecule has 1 saturated heterocycles. The van der Waals surface area contributed by atoms with Gasteiger partial charge in [0.25, 0.3) is 0 Å². The molecule has 0 aromatic carbocycles. The van der Waals surface area contributed by atoms with Gasteiger partial charge in [-0.05, 0) is 12.2 Å². The van der Waals surface area contributed by atoms with Crippen LogP contribution >= 0.6 is 11.8 Å². The molecule has 1 heterocycles. The Labute approximate surface area is 74.9 Å². The van der Waals surface area contributed by atoms with Gasteiger partial charge in [0.05, 0.1) is 0 Å². The lowest BCUT2D eigenvalue weighted by Gasteiger charge is -2.15. The van der Waals surface area contributed by atoms with Crippen LogP contribution in [0.25, 0.3) is 0 Å². The van der Waals surface area contributed by atoms with Gasteiger partial charge in [-0.25, -0.2) is 0 Å². The van der Waals surface area contributed by atoms with Crippen molar-refractivity contribution in [1.82, 2.24) is 4.90 Å². The number of carboxylic acid groups (broad SMARTS) is 1. The van der Waals surface area contributed by atoms with E-state index < -0.39 is 11.2 Å². The molecule has 12 heavy (non-hydrogen) atoms. The summed E-state index contributed by atoms with van der Waals surface area (Å²) in [7, 11) is 1.64. The number of carbonyl (C=O) groups is 2. The van der Waals surface area contributed by atoms with Gasteiger partial charge in [-0.2, -0.15) is 0 Å². The van der Waals surface area contributed by atoms with Crippen LogP contribution in [0.2, 0.25) is 0 Å². The number of rotatable bonds is 1. The van der Waals surface area contributed by atoms with Crippen LogP contribution in [0.4, 0.5) is 0 Å². The highest BCUT2D eigenvalue weighted by Gasteiger charge is 2.31. The number of carboxylic acids is 1. The Hall–Kier alpha value is -0.710. The largest absolute Gasteiger partial charge is 0.480 e. The van der Waals surface area contributed by atoms with Crippen molar-refractivity contribution in [3.8, 4) is 0 Å². The highest BCUT2D eigenvalue weighted by atomic mass is 32.2. The summed E-state index contributed by atoms with van der Waals surface area (Å²) < 4.78 is 0. The molecule has 1 rings (SSSR count). The van der Waals surface area contributed by atoms with Gasteiger partial charge in [-0.3, -0.25) is 9.59 Å². The summed E-state index contributed by atoms with van der Waals surface area (Å²) in [5.41, 5.74) is 0. The summed E-state index contributed by atoms with van der Waals surface area (Å²) >= 11 is 1.21. The van der Waals surface area contributed by atoms with Gasteiger partial charge in [0.1, 0.15) is 0 Å². The number of hydrogen-bond acceptors (Lipinski definition) is 3. The average Bonchev–Trinajstić information content (AvgIpc) is 2.15. The predicted molar refractivity (Wildman–Crippen MR) is 46.1 cm³/mol. The number of carbonyl (C=O) groups excluding carboxylic acids is 1. The molecule has 1 atom stereocenters. The highest BCUT2D eigenvalue weighted by molar-refractivity contribution is 8.01. The third-order valence-corrected chi connectivity index (χ3v) is 3.01. The first-order valence-corrected chi connectivity index (χ1v) is 4.77. The van der Waals surface area contributed by atoms with E-state index in [0.29, 0.717) is 6.54 Å². The van der Waals surface area contributed by atoms with E-state index in [1.807, 2.05) is 0 Å². The lowest BCUT2D eigenvalue weighted by Crippen LogP contribution is -2.37. The van der Waals surface area contributed by atoms with Crippen molar-refractivity contribution in [2.24, 2.45) is 0 Å². The van der Waals surface area contributed by atoms with Gasteiger partial charge < -0.3 is 10.0 Å². The third-order valence-electron chi connectivity index (χ3n) is 1.75. The number of thioether (sulfide) groups is 1. The van der Waals surface area contributed by atoms with Crippen LogP contribution in [-0.4, -0.2) is 46.5 Å². The van der Waals surface area contributed by atoms with Gasteiger partial charge in [0.15, 0.2) is 5.25 Å². The van der Waals surface area contributed by atoms with Gasteiger partial charge >= 0.3 is 5.97 Å². The summed E-state index contributed by atoms with van der Waals surface area (Å²) in [6.07, 6.45) is 0.872. The molecule has 0 aromatic heterocycles. The molecule has 1 N–H and O–H groups in total. The Bertz CT molecular complexity index is 207. The zero-order chi connectivity index (χ0) is 9.14. The lowest BCUT2D eigenvalue weighted by molar-refractivity contribution is -0.142. The Morgan fingerprint density at radius 1 is 1.75 bits per heavy atom. The number of nitrogens with zero attached hydrogens (tertiary/aromatic N) is 1. The second-order valence-electron chi connectivity index (χ2n) is 2.70. The molecule has 0 saturated carbocycles. The van der Waals surface area contributed by atoms with Crippen LogP contribution < -0.4 is 0 Å². The minimum atomic E-state index is -1.03. The maximum Gasteiger partial charge on any atom is 0.326 e. The normalized spacial score (nSPS) is 25.2. The Balaban J connectivity index is 2.71. The number of amides is 1. The topological polar surface area (TPSA) is 57.6 Å². The second kappa shape index (κ2) is 3.80. The smallest absolute Gasteiger partial charge is 0.326 e. The first-order chi connectivity index (χ1) is 5.63. The molecule has 1 unspecified atom stereocenters. The van der Waals surface area contributed by atoms with Crippen LogP contribution in [0.1, 0.15) is 6.42 Å². The van der Waals surface area contributed by atoms with Crippen LogP contribution in [0, 0.1) is 0 Å². The van der Waals surface area contributed by atoms with Crippen molar-refractivity contribution in [3.63, 3.8) is 0 Å². The monoisotopic (exact) mass is 189 g/mol. The van der Waals surface area contributed by atoms with E-state index in [-0.39, 0.29) is 5.91 Å². The average molecular weight is 189 g/mol. The van der Waals surface area contributed by atoms with Gasteiger partial charge in [-0.1, -0.05) is 0 Å². The number of hydrogen-bond donors (Lipinski definition) is 1. The third kappa shape index (κ3) is 1.91. The highest BCUT2D eigenvalue weighted by Crippen LogP contribution is 2.18. The maximum atomic E-state index is 11.3. The minimum absolute atomic E-state index is 0.287. The molecule has 1 aliphatic heterocycles. The SMILES string of the molecule is CN1CCCSC(C(=O)O)C1=O. The lowest BCUT2D eigenvalue weighted by atomic mass is 10.3. The van der Waals surface area contributed by atoms with E-state index >= 15 is 0 Å². The molecule has 4 nitrogen and oxygen atoms in total. The second-order valence-corrected chi connectivity index (χ2v) is 3.92. The molecule has 0 aromatic rings. The zero-order valence-corrected chi connectivity index (χ0v) is 7.63. The van der Waals surface area contributed by atoms with Gasteiger partial charge in [0.2, 0.25) is 5.91 Å². The fourth-order valence-electron chi connectivity index (χ4n) is 1.06. The quantitative estimate of drug-likeness (QED) is 0.591. The Morgan fingerprint density at radius 2 is 2.42 bits per heavy atom. The molecular weight excluding hydrogens is 178 g/mol. The van der Waals surface area contributed by atoms with Crippen molar-refractivity contribution >= 4 is 23.6 Å². The summed E-state index contributed by atoms with van der Waals surface area (Å²) in [5, 5.41) is 7.79. The molecule has 0 spiro atoms. The Kier molecular flexibility index (Phi) is 2.97. The van der Waals surface area contributed by atoms with Crippen molar-refractivity contribution in [1.29, 1.82) is 0 Å². The molecule has 1 fully saturated rings. The predicted octanol–water partition coefficient (Wildman–Crippen LogP) is 0.0349. The van der Waals surface area contributed by atoms with E-state index in [0.717, 1.165) is 12.2 Å². The zero-order valence-electron chi connectivity index (χ0n) is 6.82. The van der Waals surface area contributed by atoms with Crippen LogP contribution in [-0.2, 0) is 9.59 Å². The fraction of sp³-hybridized carbons (Fsp3) is 0.714. The molecule has 0 radical (unpaired) electrons. The molecule has 0 bridgehead atoms. The first-order valence-electron chi connectivity index (χ1n) is 3.72. The number of aliphatic carboxylic acids is 1. The van der Waals surface area contributed by atoms with E-state index in [4.69, 9.17) is 5.11 Å². The van der Waals surface area contributed by atoms with Crippen molar-refractivity contribution in [3.05, 3.63) is 0 Å². The first kappa shape index (κ1) is 9.38. The van der Waals surface area contributed by atoms with Gasteiger partial charge in [-0.15, -0.1) is 11.8 Å². The molecule has 68 valence electrons. The van der Waals surface area contributed by atoms with Crippen LogP contribution in [0.15, 0.2) is 0 Å². The maximum absolute atomic E-state index is 11.3. The minimum Gasteiger partial charge on any atom is -0.480 e. The summed E-state index contributed by atoms with van der Waals surface area (Å²) in [4.78, 5) is 23.4. The van der Waals surface area contributed by atoms with E-state index in [9.17, 15) is 9.59 Å². The summed E-state index contributed by atoms with van der Waals surface area (Å²) in [6, 6.07) is 0. The van der Waals surface area contributed by atoms with Crippen LogP contribution in [0.5, 0.6) is 0 Å². The van der Waals surface area contributed by atoms with E-state index in [1.54, 1.807) is 7.05 Å². The van der Waals surface area contributed by atoms with Crippen molar-refractivity contribution in [2.75, 3.05) is 19.3 Å². The molecule has 0 aliphatic carbocycles. The standard InChI is InChI=1S/C7H11NO3S/c1-8-3-2-4-12-5(6(8)9)7(10)11/h5H,2-4H2,1H3,(H,10,11). The Morgan fingerprint density at radius 3 is 3.00 bits per heavy atom. The molecule has 1 amide bonds. The molecular formula is C7H11NO3S. The van der Waals surface area contributed by atoms with Crippen molar-refractivity contribution in [2.45, 2.75) is 11.7 Å².